The molecule has 17 heavy (non-hydrogen) atoms. The van der Waals surface area contributed by atoms with Crippen molar-refractivity contribution in [2.24, 2.45) is 5.92 Å². The van der Waals surface area contributed by atoms with Crippen LogP contribution >= 0.6 is 11.3 Å². The highest BCUT2D eigenvalue weighted by Gasteiger charge is 2.10. The molecule has 0 saturated carbocycles. The van der Waals surface area contributed by atoms with Crippen molar-refractivity contribution in [3.63, 3.8) is 0 Å². The highest BCUT2D eigenvalue weighted by molar-refractivity contribution is 7.09. The Kier molecular flexibility index (Phi) is 5.58. The lowest BCUT2D eigenvalue weighted by Crippen LogP contribution is -2.30. The van der Waals surface area contributed by atoms with Crippen LogP contribution in [0.4, 0.5) is 0 Å². The van der Waals surface area contributed by atoms with Gasteiger partial charge in [-0.3, -0.25) is 4.79 Å². The molecule has 1 heterocycles. The first-order chi connectivity index (χ1) is 8.02. The summed E-state index contributed by atoms with van der Waals surface area (Å²) in [5, 5.41) is 14.6. The molecule has 4 nitrogen and oxygen atoms in total. The van der Waals surface area contributed by atoms with Gasteiger partial charge in [-0.2, -0.15) is 0 Å². The molecule has 1 rings (SSSR count). The van der Waals surface area contributed by atoms with Crippen LogP contribution in [-0.2, 0) is 11.2 Å². The van der Waals surface area contributed by atoms with Crippen molar-refractivity contribution >= 4 is 17.2 Å². The number of amides is 1. The summed E-state index contributed by atoms with van der Waals surface area (Å²) >= 11 is 1.60. The van der Waals surface area contributed by atoms with E-state index in [-0.39, 0.29) is 18.4 Å². The summed E-state index contributed by atoms with van der Waals surface area (Å²) in [6.45, 7) is 6.67. The Morgan fingerprint density at radius 3 is 2.76 bits per heavy atom. The number of hydrogen-bond donors (Lipinski definition) is 2. The Morgan fingerprint density at radius 1 is 1.53 bits per heavy atom. The minimum absolute atomic E-state index is 0.0362. The van der Waals surface area contributed by atoms with Crippen LogP contribution in [0.25, 0.3) is 0 Å². The summed E-state index contributed by atoms with van der Waals surface area (Å²) in [6, 6.07) is 0. The molecule has 1 aromatic heterocycles. The van der Waals surface area contributed by atoms with E-state index < -0.39 is 0 Å². The highest BCUT2D eigenvalue weighted by Crippen LogP contribution is 2.19. The molecule has 96 valence electrons. The van der Waals surface area contributed by atoms with E-state index in [0.29, 0.717) is 18.9 Å². The van der Waals surface area contributed by atoms with Crippen LogP contribution in [0.3, 0.4) is 0 Å². The van der Waals surface area contributed by atoms with E-state index in [0.717, 1.165) is 10.7 Å². The van der Waals surface area contributed by atoms with Crippen LogP contribution in [-0.4, -0.2) is 29.1 Å². The molecule has 1 amide bonds. The lowest BCUT2D eigenvalue weighted by atomic mass is 10.2. The van der Waals surface area contributed by atoms with Gasteiger partial charge >= 0.3 is 0 Å². The van der Waals surface area contributed by atoms with Gasteiger partial charge < -0.3 is 10.4 Å². The molecule has 5 heteroatoms. The molecule has 0 saturated heterocycles. The zero-order valence-corrected chi connectivity index (χ0v) is 11.4. The maximum Gasteiger partial charge on any atom is 0.226 e. The average molecular weight is 256 g/mol. The molecular weight excluding hydrogens is 236 g/mol. The number of carbonyl (C=O) groups excluding carboxylic acids is 1. The summed E-state index contributed by atoms with van der Waals surface area (Å²) in [5.41, 5.74) is 0.827. The van der Waals surface area contributed by atoms with Crippen molar-refractivity contribution in [3.8, 4) is 0 Å². The minimum Gasteiger partial charge on any atom is -0.396 e. The number of hydrogen-bond acceptors (Lipinski definition) is 4. The lowest BCUT2D eigenvalue weighted by Gasteiger charge is -2.08. The molecule has 1 atom stereocenters. The SMILES string of the molecule is CC(CO)CNC(=O)Cc1csc(C(C)C)n1. The van der Waals surface area contributed by atoms with E-state index >= 15 is 0 Å². The van der Waals surface area contributed by atoms with Crippen LogP contribution in [0, 0.1) is 5.92 Å². The van der Waals surface area contributed by atoms with Crippen LogP contribution in [0.15, 0.2) is 5.38 Å². The maximum absolute atomic E-state index is 11.6. The van der Waals surface area contributed by atoms with Crippen molar-refractivity contribution in [3.05, 3.63) is 16.1 Å². The zero-order valence-electron chi connectivity index (χ0n) is 10.6. The van der Waals surface area contributed by atoms with E-state index in [1.54, 1.807) is 11.3 Å². The van der Waals surface area contributed by atoms with Crippen LogP contribution in [0.5, 0.6) is 0 Å². The van der Waals surface area contributed by atoms with Crippen molar-refractivity contribution in [1.29, 1.82) is 0 Å². The molecule has 0 bridgehead atoms. The van der Waals surface area contributed by atoms with Gasteiger partial charge in [0.05, 0.1) is 17.1 Å². The van der Waals surface area contributed by atoms with Gasteiger partial charge in [0.15, 0.2) is 0 Å². The topological polar surface area (TPSA) is 62.2 Å². The molecule has 0 aromatic carbocycles. The molecule has 1 unspecified atom stereocenters. The fraction of sp³-hybridized carbons (Fsp3) is 0.667. The van der Waals surface area contributed by atoms with Crippen LogP contribution in [0.2, 0.25) is 0 Å². The first kappa shape index (κ1) is 14.1. The molecule has 0 spiro atoms. The van der Waals surface area contributed by atoms with Gasteiger partial charge in [0, 0.05) is 24.4 Å². The normalized spacial score (nSPS) is 12.8. The average Bonchev–Trinajstić information content (AvgIpc) is 2.74. The van der Waals surface area contributed by atoms with Crippen molar-refractivity contribution in [1.82, 2.24) is 10.3 Å². The smallest absolute Gasteiger partial charge is 0.226 e. The van der Waals surface area contributed by atoms with Gasteiger partial charge in [-0.1, -0.05) is 20.8 Å². The molecular formula is C12H20N2O2S. The molecule has 0 aliphatic heterocycles. The standard InChI is InChI=1S/C12H20N2O2S/c1-8(2)12-14-10(7-17-12)4-11(16)13-5-9(3)6-15/h7-9,15H,4-6H2,1-3H3,(H,13,16). The van der Waals surface area contributed by atoms with Gasteiger partial charge in [0.1, 0.15) is 0 Å². The number of aliphatic hydroxyl groups is 1. The first-order valence-corrected chi connectivity index (χ1v) is 6.72. The monoisotopic (exact) mass is 256 g/mol. The van der Waals surface area contributed by atoms with E-state index in [4.69, 9.17) is 5.11 Å². The van der Waals surface area contributed by atoms with Crippen molar-refractivity contribution in [2.75, 3.05) is 13.2 Å². The summed E-state index contributed by atoms with van der Waals surface area (Å²) in [6.07, 6.45) is 0.321. The Balaban J connectivity index is 2.39. The van der Waals surface area contributed by atoms with Gasteiger partial charge in [-0.05, 0) is 5.92 Å². The second-order valence-corrected chi connectivity index (χ2v) is 5.49. The molecule has 0 aliphatic carbocycles. The second kappa shape index (κ2) is 6.71. The summed E-state index contributed by atoms with van der Waals surface area (Å²) in [4.78, 5) is 16.0. The van der Waals surface area contributed by atoms with Crippen molar-refractivity contribution in [2.45, 2.75) is 33.1 Å². The molecule has 0 radical (unpaired) electrons. The predicted molar refractivity (Wildman–Crippen MR) is 69.2 cm³/mol. The third-order valence-corrected chi connectivity index (χ3v) is 3.56. The molecule has 0 fully saturated rings. The Bertz CT molecular complexity index is 363. The van der Waals surface area contributed by atoms with E-state index in [2.05, 4.69) is 24.1 Å². The first-order valence-electron chi connectivity index (χ1n) is 5.84. The fourth-order valence-electron chi connectivity index (χ4n) is 1.25. The summed E-state index contributed by atoms with van der Waals surface area (Å²) in [5.74, 6) is 0.470. The Hall–Kier alpha value is -0.940. The second-order valence-electron chi connectivity index (χ2n) is 4.60. The number of nitrogens with one attached hydrogen (secondary N) is 1. The molecule has 0 aliphatic rings. The number of rotatable bonds is 6. The quantitative estimate of drug-likeness (QED) is 0.812. The van der Waals surface area contributed by atoms with E-state index in [1.807, 2.05) is 12.3 Å². The van der Waals surface area contributed by atoms with Gasteiger partial charge in [-0.25, -0.2) is 4.98 Å². The maximum atomic E-state index is 11.6. The summed E-state index contributed by atoms with van der Waals surface area (Å²) < 4.78 is 0. The van der Waals surface area contributed by atoms with E-state index in [1.165, 1.54) is 0 Å². The van der Waals surface area contributed by atoms with E-state index in [9.17, 15) is 4.79 Å². The zero-order chi connectivity index (χ0) is 12.8. The van der Waals surface area contributed by atoms with Crippen LogP contribution < -0.4 is 5.32 Å². The van der Waals surface area contributed by atoms with Crippen LogP contribution in [0.1, 0.15) is 37.4 Å². The molecule has 2 N–H and O–H groups in total. The Morgan fingerprint density at radius 2 is 2.24 bits per heavy atom. The lowest BCUT2D eigenvalue weighted by molar-refractivity contribution is -0.120. The third kappa shape index (κ3) is 4.83. The third-order valence-electron chi connectivity index (χ3n) is 2.36. The number of nitrogens with zero attached hydrogens (tertiary/aromatic N) is 1. The van der Waals surface area contributed by atoms with Gasteiger partial charge in [-0.15, -0.1) is 11.3 Å². The summed E-state index contributed by atoms with van der Waals surface area (Å²) in [7, 11) is 0. The highest BCUT2D eigenvalue weighted by atomic mass is 32.1. The van der Waals surface area contributed by atoms with Gasteiger partial charge in [0.2, 0.25) is 5.91 Å². The molecule has 1 aromatic rings. The number of carbonyl (C=O) groups is 1. The number of thiazole rings is 1. The number of aliphatic hydroxyl groups excluding tert-OH is 1. The van der Waals surface area contributed by atoms with Gasteiger partial charge in [0.25, 0.3) is 0 Å². The predicted octanol–water partition coefficient (Wildman–Crippen LogP) is 1.55. The largest absolute Gasteiger partial charge is 0.396 e. The fourth-order valence-corrected chi connectivity index (χ4v) is 2.08. The van der Waals surface area contributed by atoms with Crippen molar-refractivity contribution < 1.29 is 9.90 Å². The minimum atomic E-state index is -0.0362. The number of aromatic nitrogens is 1. The Labute approximate surface area is 106 Å².